The number of halogens is 1. The molecule has 0 N–H and O–H groups in total. The van der Waals surface area contributed by atoms with Crippen LogP contribution >= 0.6 is 11.8 Å². The lowest BCUT2D eigenvalue weighted by molar-refractivity contribution is 0.0724. The van der Waals surface area contributed by atoms with Gasteiger partial charge in [-0.1, -0.05) is 36.0 Å². The van der Waals surface area contributed by atoms with E-state index < -0.39 is 0 Å². The van der Waals surface area contributed by atoms with Crippen LogP contribution in [0.2, 0.25) is 0 Å². The fourth-order valence-electron chi connectivity index (χ4n) is 4.31. The summed E-state index contributed by atoms with van der Waals surface area (Å²) in [6.07, 6.45) is 3.19. The van der Waals surface area contributed by atoms with E-state index in [1.54, 1.807) is 11.0 Å². The smallest absolute Gasteiger partial charge is 0.259 e. The maximum atomic E-state index is 13.9. The van der Waals surface area contributed by atoms with Gasteiger partial charge in [0.15, 0.2) is 0 Å². The van der Waals surface area contributed by atoms with Crippen molar-refractivity contribution in [1.82, 2.24) is 4.90 Å². The molecule has 0 aromatic heterocycles. The minimum absolute atomic E-state index is 0.00239. The molecule has 4 nitrogen and oxygen atoms in total. The predicted octanol–water partition coefficient (Wildman–Crippen LogP) is 5.76. The summed E-state index contributed by atoms with van der Waals surface area (Å²) < 4.78 is 13.9. The number of carbonyl (C=O) groups is 2. The van der Waals surface area contributed by atoms with E-state index in [0.29, 0.717) is 22.4 Å². The molecule has 0 atom stereocenters. The third-order valence-corrected chi connectivity index (χ3v) is 7.09. The van der Waals surface area contributed by atoms with Gasteiger partial charge in [-0.25, -0.2) is 4.39 Å². The maximum absolute atomic E-state index is 13.9. The van der Waals surface area contributed by atoms with Gasteiger partial charge in [-0.15, -0.1) is 0 Å². The first-order valence-corrected chi connectivity index (χ1v) is 11.7. The van der Waals surface area contributed by atoms with Crippen molar-refractivity contribution in [3.8, 4) is 0 Å². The monoisotopic (exact) mass is 446 g/mol. The molecule has 0 unspecified atom stereocenters. The summed E-state index contributed by atoms with van der Waals surface area (Å²) >= 11 is 1.52. The van der Waals surface area contributed by atoms with E-state index in [1.165, 1.54) is 23.9 Å². The molecule has 2 aliphatic heterocycles. The highest BCUT2D eigenvalue weighted by atomic mass is 32.2. The van der Waals surface area contributed by atoms with Crippen molar-refractivity contribution in [3.63, 3.8) is 0 Å². The Morgan fingerprint density at radius 2 is 1.72 bits per heavy atom. The predicted molar refractivity (Wildman–Crippen MR) is 124 cm³/mol. The quantitative estimate of drug-likeness (QED) is 0.513. The van der Waals surface area contributed by atoms with Gasteiger partial charge in [0.05, 0.1) is 17.8 Å². The molecule has 5 rings (SSSR count). The maximum Gasteiger partial charge on any atom is 0.259 e. The molecular formula is C26H23FN2O2S. The average molecular weight is 447 g/mol. The third-order valence-electron chi connectivity index (χ3n) is 5.95. The van der Waals surface area contributed by atoms with Crippen LogP contribution in [0.5, 0.6) is 0 Å². The molecule has 3 aromatic carbocycles. The zero-order valence-corrected chi connectivity index (χ0v) is 18.4. The highest BCUT2D eigenvalue weighted by Crippen LogP contribution is 2.42. The largest absolute Gasteiger partial charge is 0.339 e. The van der Waals surface area contributed by atoms with E-state index in [9.17, 15) is 14.0 Å². The number of carbonyl (C=O) groups excluding carboxylic acids is 2. The number of likely N-dealkylation sites (tertiary alicyclic amines) is 1. The summed E-state index contributed by atoms with van der Waals surface area (Å²) in [4.78, 5) is 32.1. The lowest BCUT2D eigenvalue weighted by atomic mass is 10.1. The number of hydrogen-bond acceptors (Lipinski definition) is 3. The number of piperidine rings is 1. The molecule has 0 aliphatic carbocycles. The summed E-state index contributed by atoms with van der Waals surface area (Å²) in [7, 11) is 0. The number of amides is 2. The highest BCUT2D eigenvalue weighted by Gasteiger charge is 2.29. The first-order valence-electron chi connectivity index (χ1n) is 10.9. The Hall–Kier alpha value is -3.12. The van der Waals surface area contributed by atoms with E-state index in [2.05, 4.69) is 0 Å². The first-order chi connectivity index (χ1) is 15.6. The summed E-state index contributed by atoms with van der Waals surface area (Å²) in [5, 5.41) is 0. The van der Waals surface area contributed by atoms with Gasteiger partial charge in [-0.3, -0.25) is 9.59 Å². The van der Waals surface area contributed by atoms with Crippen LogP contribution in [0.15, 0.2) is 76.5 Å². The van der Waals surface area contributed by atoms with E-state index in [1.807, 2.05) is 53.4 Å². The lowest BCUT2D eigenvalue weighted by Gasteiger charge is -2.28. The molecule has 2 amide bonds. The van der Waals surface area contributed by atoms with Crippen LogP contribution < -0.4 is 4.90 Å². The zero-order chi connectivity index (χ0) is 22.1. The second-order valence-corrected chi connectivity index (χ2v) is 9.24. The molecule has 1 fully saturated rings. The second-order valence-electron chi connectivity index (χ2n) is 8.15. The summed E-state index contributed by atoms with van der Waals surface area (Å²) in [6, 6.07) is 19.4. The average Bonchev–Trinajstić information content (AvgIpc) is 2.94. The van der Waals surface area contributed by atoms with Gasteiger partial charge in [-0.2, -0.15) is 0 Å². The molecular weight excluding hydrogens is 423 g/mol. The molecule has 1 saturated heterocycles. The Kier molecular flexibility index (Phi) is 5.70. The number of anilines is 1. The zero-order valence-electron chi connectivity index (χ0n) is 17.6. The van der Waals surface area contributed by atoms with Crippen molar-refractivity contribution in [2.45, 2.75) is 35.6 Å². The molecule has 0 radical (unpaired) electrons. The topological polar surface area (TPSA) is 40.6 Å². The molecule has 2 heterocycles. The number of fused-ring (bicyclic) bond motifs is 2. The van der Waals surface area contributed by atoms with Crippen molar-refractivity contribution in [3.05, 3.63) is 89.2 Å². The van der Waals surface area contributed by atoms with Crippen LogP contribution in [0, 0.1) is 5.82 Å². The normalized spacial score (nSPS) is 15.7. The SMILES string of the molecule is O=C(c1ccc2c(c1)N(Cc1cccc(F)c1)C(=O)c1ccccc1S2)N1CCCCC1. The molecule has 0 bridgehead atoms. The van der Waals surface area contributed by atoms with Crippen LogP contribution in [-0.2, 0) is 6.54 Å². The van der Waals surface area contributed by atoms with E-state index in [4.69, 9.17) is 0 Å². The van der Waals surface area contributed by atoms with Gasteiger partial charge in [0.25, 0.3) is 11.8 Å². The molecule has 162 valence electrons. The Morgan fingerprint density at radius 3 is 2.53 bits per heavy atom. The van der Waals surface area contributed by atoms with E-state index in [-0.39, 0.29) is 24.2 Å². The van der Waals surface area contributed by atoms with Crippen molar-refractivity contribution in [2.24, 2.45) is 0 Å². The van der Waals surface area contributed by atoms with Crippen LogP contribution in [-0.4, -0.2) is 29.8 Å². The first kappa shape index (κ1) is 20.8. The van der Waals surface area contributed by atoms with Gasteiger partial charge in [-0.05, 0) is 67.3 Å². The highest BCUT2D eigenvalue weighted by molar-refractivity contribution is 7.99. The molecule has 0 spiro atoms. The molecule has 0 saturated carbocycles. The number of hydrogen-bond donors (Lipinski definition) is 0. The molecule has 6 heteroatoms. The molecule has 3 aromatic rings. The minimum atomic E-state index is -0.339. The Labute approximate surface area is 191 Å². The molecule has 2 aliphatic rings. The van der Waals surface area contributed by atoms with E-state index in [0.717, 1.165) is 42.1 Å². The number of rotatable bonds is 3. The van der Waals surface area contributed by atoms with Crippen molar-refractivity contribution >= 4 is 29.3 Å². The van der Waals surface area contributed by atoms with E-state index >= 15 is 0 Å². The van der Waals surface area contributed by atoms with Gasteiger partial charge in [0.2, 0.25) is 0 Å². The summed E-state index contributed by atoms with van der Waals surface area (Å²) in [5.41, 5.74) is 2.56. The van der Waals surface area contributed by atoms with Crippen LogP contribution in [0.4, 0.5) is 10.1 Å². The number of nitrogens with zero attached hydrogens (tertiary/aromatic N) is 2. The Balaban J connectivity index is 1.58. The number of benzene rings is 3. The standard InChI is InChI=1S/C26H23FN2O2S/c27-20-8-6-7-18(15-20)17-29-22-16-19(25(30)28-13-4-1-5-14-28)11-12-24(22)32-23-10-3-2-9-21(23)26(29)31/h2-3,6-12,15-16H,1,4-5,13-14,17H2. The fraction of sp³-hybridized carbons (Fsp3) is 0.231. The second kappa shape index (κ2) is 8.79. The fourth-order valence-corrected chi connectivity index (χ4v) is 5.37. The van der Waals surface area contributed by atoms with Gasteiger partial charge >= 0.3 is 0 Å². The summed E-state index contributed by atoms with van der Waals surface area (Å²) in [5.74, 6) is -0.495. The van der Waals surface area contributed by atoms with Gasteiger partial charge in [0, 0.05) is 28.4 Å². The van der Waals surface area contributed by atoms with Crippen molar-refractivity contribution < 1.29 is 14.0 Å². The van der Waals surface area contributed by atoms with Crippen molar-refractivity contribution in [2.75, 3.05) is 18.0 Å². The molecule has 32 heavy (non-hydrogen) atoms. The minimum Gasteiger partial charge on any atom is -0.339 e. The third kappa shape index (κ3) is 4.02. The van der Waals surface area contributed by atoms with Crippen molar-refractivity contribution in [1.29, 1.82) is 0 Å². The Morgan fingerprint density at radius 1 is 0.906 bits per heavy atom. The lowest BCUT2D eigenvalue weighted by Crippen LogP contribution is -2.36. The van der Waals surface area contributed by atoms with Gasteiger partial charge < -0.3 is 9.80 Å². The van der Waals surface area contributed by atoms with Crippen LogP contribution in [0.3, 0.4) is 0 Å². The summed E-state index contributed by atoms with van der Waals surface area (Å²) in [6.45, 7) is 1.75. The van der Waals surface area contributed by atoms with Gasteiger partial charge in [0.1, 0.15) is 5.82 Å². The Bertz CT molecular complexity index is 1190. The van der Waals surface area contributed by atoms with Crippen LogP contribution in [0.1, 0.15) is 45.5 Å². The van der Waals surface area contributed by atoms with Crippen LogP contribution in [0.25, 0.3) is 0 Å².